The Hall–Kier alpha value is -1.91. The average molecular weight is 340 g/mol. The molecular weight excluding hydrogens is 315 g/mol. The van der Waals surface area contributed by atoms with Crippen molar-refractivity contribution >= 4 is 0 Å². The van der Waals surface area contributed by atoms with Crippen molar-refractivity contribution in [2.75, 3.05) is 13.1 Å². The molecule has 2 aromatic carbocycles. The number of nitrogens with zero attached hydrogens (tertiary/aromatic N) is 1. The average Bonchev–Trinajstić information content (AvgIpc) is 2.62. The van der Waals surface area contributed by atoms with E-state index in [2.05, 4.69) is 29.2 Å². The van der Waals surface area contributed by atoms with Gasteiger partial charge >= 0.3 is 0 Å². The van der Waals surface area contributed by atoms with E-state index >= 15 is 0 Å². The van der Waals surface area contributed by atoms with Crippen molar-refractivity contribution in [1.29, 1.82) is 0 Å². The fraction of sp³-hybridized carbons (Fsp3) is 0.429. The Kier molecular flexibility index (Phi) is 4.73. The van der Waals surface area contributed by atoms with Crippen molar-refractivity contribution < 1.29 is 9.13 Å². The molecule has 4 rings (SSSR count). The van der Waals surface area contributed by atoms with Gasteiger partial charge in [-0.2, -0.15) is 0 Å². The molecule has 1 fully saturated rings. The Morgan fingerprint density at radius 1 is 1.08 bits per heavy atom. The second kappa shape index (κ2) is 7.14. The van der Waals surface area contributed by atoms with Crippen molar-refractivity contribution in [2.24, 2.45) is 5.73 Å². The van der Waals surface area contributed by atoms with Gasteiger partial charge in [0, 0.05) is 18.7 Å². The Balaban J connectivity index is 1.65. The number of rotatable bonds is 3. The summed E-state index contributed by atoms with van der Waals surface area (Å²) in [6.07, 6.45) is 4.23. The van der Waals surface area contributed by atoms with Gasteiger partial charge in [-0.1, -0.05) is 30.3 Å². The van der Waals surface area contributed by atoms with E-state index in [-0.39, 0.29) is 24.0 Å². The summed E-state index contributed by atoms with van der Waals surface area (Å²) in [5, 5.41) is 0. The lowest BCUT2D eigenvalue weighted by Gasteiger charge is -2.43. The maximum absolute atomic E-state index is 13.6. The van der Waals surface area contributed by atoms with E-state index in [4.69, 9.17) is 10.5 Å². The third-order valence-corrected chi connectivity index (χ3v) is 5.44. The summed E-state index contributed by atoms with van der Waals surface area (Å²) < 4.78 is 20.0. The molecule has 2 aliphatic rings. The molecule has 3 nitrogen and oxygen atoms in total. The second-order valence-electron chi connectivity index (χ2n) is 7.20. The third-order valence-electron chi connectivity index (χ3n) is 5.44. The van der Waals surface area contributed by atoms with Gasteiger partial charge in [-0.25, -0.2) is 4.39 Å². The van der Waals surface area contributed by atoms with Gasteiger partial charge in [0.25, 0.3) is 0 Å². The van der Waals surface area contributed by atoms with E-state index in [1.54, 1.807) is 6.07 Å². The molecule has 0 saturated carbocycles. The first-order chi connectivity index (χ1) is 12.2. The first-order valence-electron chi connectivity index (χ1n) is 9.20. The number of nitrogens with two attached hydrogens (primary N) is 1. The van der Waals surface area contributed by atoms with Gasteiger partial charge in [0.15, 0.2) is 0 Å². The van der Waals surface area contributed by atoms with Crippen molar-refractivity contribution in [3.05, 3.63) is 65.5 Å². The Labute approximate surface area is 148 Å². The van der Waals surface area contributed by atoms with Crippen LogP contribution in [0.5, 0.6) is 5.75 Å². The number of aryl methyl sites for hydroxylation is 1. The van der Waals surface area contributed by atoms with Gasteiger partial charge in [-0.05, 0) is 55.5 Å². The molecule has 1 saturated heterocycles. The minimum atomic E-state index is -0.266. The summed E-state index contributed by atoms with van der Waals surface area (Å²) in [5.41, 5.74) is 8.77. The molecule has 2 N–H and O–H groups in total. The molecule has 0 aromatic heterocycles. The number of benzene rings is 2. The smallest absolute Gasteiger partial charge is 0.139 e. The quantitative estimate of drug-likeness (QED) is 0.926. The van der Waals surface area contributed by atoms with E-state index in [0.29, 0.717) is 5.75 Å². The van der Waals surface area contributed by atoms with E-state index in [1.165, 1.54) is 23.3 Å². The van der Waals surface area contributed by atoms with Crippen LogP contribution in [0.4, 0.5) is 4.39 Å². The fourth-order valence-corrected chi connectivity index (χ4v) is 4.25. The molecule has 0 spiro atoms. The summed E-state index contributed by atoms with van der Waals surface area (Å²) in [4.78, 5) is 2.48. The number of likely N-dealkylation sites (tertiary alicyclic amines) is 1. The molecule has 132 valence electrons. The zero-order valence-corrected chi connectivity index (χ0v) is 14.4. The highest BCUT2D eigenvalue weighted by Gasteiger charge is 2.36. The molecule has 2 aromatic rings. The highest BCUT2D eigenvalue weighted by atomic mass is 19.1. The van der Waals surface area contributed by atoms with Crippen LogP contribution in [-0.2, 0) is 6.42 Å². The van der Waals surface area contributed by atoms with Gasteiger partial charge in [0.2, 0.25) is 0 Å². The zero-order valence-electron chi connectivity index (χ0n) is 14.4. The van der Waals surface area contributed by atoms with Crippen LogP contribution < -0.4 is 10.5 Å². The highest BCUT2D eigenvalue weighted by Crippen LogP contribution is 2.37. The molecular formula is C21H25FN2O. The lowest BCUT2D eigenvalue weighted by atomic mass is 9.84. The van der Waals surface area contributed by atoms with Crippen molar-refractivity contribution in [1.82, 2.24) is 4.90 Å². The number of halogens is 1. The summed E-state index contributed by atoms with van der Waals surface area (Å²) in [6.45, 7) is 1.97. The van der Waals surface area contributed by atoms with Gasteiger partial charge in [-0.15, -0.1) is 0 Å². The SMILES string of the molecule is N[C@H]1CCCN(C2CCc3ccccc3C2Oc2cccc(F)c2)C1. The first-order valence-corrected chi connectivity index (χ1v) is 9.20. The van der Waals surface area contributed by atoms with Crippen LogP contribution in [0.25, 0.3) is 0 Å². The largest absolute Gasteiger partial charge is 0.484 e. The van der Waals surface area contributed by atoms with E-state index in [0.717, 1.165) is 38.8 Å². The lowest BCUT2D eigenvalue weighted by Crippen LogP contribution is -2.51. The van der Waals surface area contributed by atoms with Crippen LogP contribution in [-0.4, -0.2) is 30.1 Å². The first kappa shape index (κ1) is 16.6. The van der Waals surface area contributed by atoms with Gasteiger partial charge in [0.1, 0.15) is 17.7 Å². The van der Waals surface area contributed by atoms with Crippen molar-refractivity contribution in [3.8, 4) is 5.75 Å². The van der Waals surface area contributed by atoms with Crippen LogP contribution in [0.15, 0.2) is 48.5 Å². The van der Waals surface area contributed by atoms with Gasteiger partial charge < -0.3 is 10.5 Å². The number of piperidine rings is 1. The highest BCUT2D eigenvalue weighted by molar-refractivity contribution is 5.35. The lowest BCUT2D eigenvalue weighted by molar-refractivity contribution is 0.0366. The van der Waals surface area contributed by atoms with Gasteiger partial charge in [-0.3, -0.25) is 4.90 Å². The topological polar surface area (TPSA) is 38.5 Å². The minimum absolute atomic E-state index is 0.0861. The second-order valence-corrected chi connectivity index (χ2v) is 7.20. The Bertz CT molecular complexity index is 735. The Morgan fingerprint density at radius 2 is 1.96 bits per heavy atom. The monoisotopic (exact) mass is 340 g/mol. The fourth-order valence-electron chi connectivity index (χ4n) is 4.25. The maximum atomic E-state index is 13.6. The molecule has 0 bridgehead atoms. The molecule has 1 aliphatic carbocycles. The Morgan fingerprint density at radius 3 is 2.80 bits per heavy atom. The summed E-state index contributed by atoms with van der Waals surface area (Å²) >= 11 is 0. The number of ether oxygens (including phenoxy) is 1. The standard InChI is InChI=1S/C21H25FN2O/c22-16-6-3-8-18(13-16)25-21-19-9-2-1-5-15(19)10-11-20(21)24-12-4-7-17(23)14-24/h1-3,5-6,8-9,13,17,20-21H,4,7,10-12,14,23H2/t17-,20?,21?/m0/s1. The molecule has 1 aliphatic heterocycles. The van der Waals surface area contributed by atoms with E-state index in [9.17, 15) is 4.39 Å². The van der Waals surface area contributed by atoms with Crippen LogP contribution in [0.2, 0.25) is 0 Å². The van der Waals surface area contributed by atoms with E-state index in [1.807, 2.05) is 6.07 Å². The third kappa shape index (κ3) is 3.55. The molecule has 1 heterocycles. The zero-order chi connectivity index (χ0) is 17.2. The van der Waals surface area contributed by atoms with Crippen molar-refractivity contribution in [3.63, 3.8) is 0 Å². The van der Waals surface area contributed by atoms with Crippen LogP contribution in [0, 0.1) is 5.82 Å². The molecule has 3 atom stereocenters. The van der Waals surface area contributed by atoms with Gasteiger partial charge in [0.05, 0.1) is 6.04 Å². The summed E-state index contributed by atoms with van der Waals surface area (Å²) in [7, 11) is 0. The molecule has 4 heteroatoms. The predicted molar refractivity (Wildman–Crippen MR) is 97.1 cm³/mol. The molecule has 2 unspecified atom stereocenters. The summed E-state index contributed by atoms with van der Waals surface area (Å²) in [5.74, 6) is 0.325. The predicted octanol–water partition coefficient (Wildman–Crippen LogP) is 3.68. The number of hydrogen-bond acceptors (Lipinski definition) is 3. The van der Waals surface area contributed by atoms with E-state index < -0.39 is 0 Å². The van der Waals surface area contributed by atoms with Crippen LogP contribution in [0.3, 0.4) is 0 Å². The van der Waals surface area contributed by atoms with Crippen LogP contribution >= 0.6 is 0 Å². The normalized spacial score (nSPS) is 26.9. The number of fused-ring (bicyclic) bond motifs is 1. The van der Waals surface area contributed by atoms with Crippen LogP contribution in [0.1, 0.15) is 36.5 Å². The summed E-state index contributed by atoms with van der Waals surface area (Å²) in [6, 6.07) is 15.4. The van der Waals surface area contributed by atoms with Crippen molar-refractivity contribution in [2.45, 2.75) is 43.9 Å². The number of hydrogen-bond donors (Lipinski definition) is 1. The molecule has 0 radical (unpaired) electrons. The maximum Gasteiger partial charge on any atom is 0.139 e. The molecule has 25 heavy (non-hydrogen) atoms. The molecule has 0 amide bonds. The minimum Gasteiger partial charge on any atom is -0.484 e.